The molecule has 0 atom stereocenters. The van der Waals surface area contributed by atoms with Gasteiger partial charge in [-0.3, -0.25) is 10.1 Å². The summed E-state index contributed by atoms with van der Waals surface area (Å²) in [6, 6.07) is 2.79. The van der Waals surface area contributed by atoms with E-state index in [-0.39, 0.29) is 5.69 Å². The van der Waals surface area contributed by atoms with E-state index in [1.807, 2.05) is 19.0 Å². The number of nitrogens with zero attached hydrogens (tertiary/aromatic N) is 3. The van der Waals surface area contributed by atoms with E-state index in [4.69, 9.17) is 4.74 Å². The number of nitrogens with one attached hydrogen (secondary N) is 2. The van der Waals surface area contributed by atoms with Crippen LogP contribution in [0.25, 0.3) is 0 Å². The van der Waals surface area contributed by atoms with E-state index in [9.17, 15) is 10.1 Å². The second-order valence-corrected chi connectivity index (χ2v) is 4.45. The van der Waals surface area contributed by atoms with Crippen molar-refractivity contribution in [2.75, 3.05) is 58.1 Å². The molecule has 8 nitrogen and oxygen atoms in total. The quantitative estimate of drug-likeness (QED) is 0.397. The molecule has 0 radical (unpaired) electrons. The highest BCUT2D eigenvalue weighted by Crippen LogP contribution is 2.19. The Labute approximate surface area is 118 Å². The number of likely N-dealkylation sites (N-methyl/N-ethyl adjacent to an activating group) is 1. The highest BCUT2D eigenvalue weighted by atomic mass is 16.6. The molecule has 0 fully saturated rings. The second kappa shape index (κ2) is 8.28. The molecule has 0 aromatic carbocycles. The maximum atomic E-state index is 10.8. The molecule has 0 spiro atoms. The van der Waals surface area contributed by atoms with Crippen LogP contribution in [0.4, 0.5) is 17.3 Å². The number of ether oxygens (including phenoxy) is 1. The van der Waals surface area contributed by atoms with Crippen LogP contribution in [0.2, 0.25) is 0 Å². The summed E-state index contributed by atoms with van der Waals surface area (Å²) >= 11 is 0. The van der Waals surface area contributed by atoms with Crippen molar-refractivity contribution in [2.24, 2.45) is 0 Å². The third-order valence-corrected chi connectivity index (χ3v) is 2.51. The summed E-state index contributed by atoms with van der Waals surface area (Å²) in [6.07, 6.45) is 0. The van der Waals surface area contributed by atoms with Crippen molar-refractivity contribution in [1.82, 2.24) is 9.88 Å². The summed E-state index contributed by atoms with van der Waals surface area (Å²) in [5.74, 6) is 0.912. The molecular formula is C12H21N5O3. The van der Waals surface area contributed by atoms with Gasteiger partial charge in [-0.15, -0.1) is 0 Å². The summed E-state index contributed by atoms with van der Waals surface area (Å²) in [5.41, 5.74) is 0.000348. The van der Waals surface area contributed by atoms with Crippen LogP contribution in [0.1, 0.15) is 0 Å². The molecule has 2 N–H and O–H groups in total. The third kappa shape index (κ3) is 5.81. The summed E-state index contributed by atoms with van der Waals surface area (Å²) < 4.78 is 5.42. The molecule has 1 rings (SSSR count). The Balaban J connectivity index is 2.43. The van der Waals surface area contributed by atoms with Crippen molar-refractivity contribution in [3.8, 4) is 0 Å². The highest BCUT2D eigenvalue weighted by molar-refractivity contribution is 5.54. The monoisotopic (exact) mass is 283 g/mol. The molecule has 0 saturated carbocycles. The Kier molecular flexibility index (Phi) is 6.68. The van der Waals surface area contributed by atoms with E-state index in [2.05, 4.69) is 15.6 Å². The zero-order valence-electron chi connectivity index (χ0n) is 12.0. The smallest absolute Gasteiger partial charge is 0.276 e. The van der Waals surface area contributed by atoms with Crippen LogP contribution >= 0.6 is 0 Å². The number of rotatable bonds is 9. The summed E-state index contributed by atoms with van der Waals surface area (Å²) in [5, 5.41) is 16.6. The number of anilines is 2. The van der Waals surface area contributed by atoms with Crippen LogP contribution in [-0.4, -0.2) is 62.3 Å². The SMILES string of the molecule is CNc1cc([N+](=O)[O-])cc(NCCOCCN(C)C)n1. The first-order chi connectivity index (χ1) is 9.52. The second-order valence-electron chi connectivity index (χ2n) is 4.45. The van der Waals surface area contributed by atoms with Gasteiger partial charge in [-0.05, 0) is 14.1 Å². The number of aromatic nitrogens is 1. The fraction of sp³-hybridized carbons (Fsp3) is 0.583. The van der Waals surface area contributed by atoms with Gasteiger partial charge in [-0.2, -0.15) is 0 Å². The zero-order valence-corrected chi connectivity index (χ0v) is 12.0. The first-order valence-corrected chi connectivity index (χ1v) is 6.33. The lowest BCUT2D eigenvalue weighted by atomic mass is 10.3. The van der Waals surface area contributed by atoms with Crippen molar-refractivity contribution < 1.29 is 9.66 Å². The topological polar surface area (TPSA) is 92.6 Å². The maximum absolute atomic E-state index is 10.8. The number of pyridine rings is 1. The van der Waals surface area contributed by atoms with Gasteiger partial charge in [0.1, 0.15) is 11.6 Å². The van der Waals surface area contributed by atoms with Crippen LogP contribution in [0, 0.1) is 10.1 Å². The van der Waals surface area contributed by atoms with Gasteiger partial charge in [0.2, 0.25) is 0 Å². The predicted octanol–water partition coefficient (Wildman–Crippen LogP) is 1.02. The van der Waals surface area contributed by atoms with Gasteiger partial charge in [0.05, 0.1) is 30.3 Å². The summed E-state index contributed by atoms with van der Waals surface area (Å²) in [6.45, 7) is 2.58. The van der Waals surface area contributed by atoms with E-state index in [0.29, 0.717) is 31.4 Å². The van der Waals surface area contributed by atoms with Crippen LogP contribution < -0.4 is 10.6 Å². The van der Waals surface area contributed by atoms with Gasteiger partial charge in [0.25, 0.3) is 5.69 Å². The van der Waals surface area contributed by atoms with Gasteiger partial charge in [-0.25, -0.2) is 4.98 Å². The molecule has 112 valence electrons. The average molecular weight is 283 g/mol. The molecule has 0 unspecified atom stereocenters. The van der Waals surface area contributed by atoms with Crippen LogP contribution in [0.3, 0.4) is 0 Å². The summed E-state index contributed by atoms with van der Waals surface area (Å²) in [7, 11) is 5.63. The molecule has 8 heteroatoms. The van der Waals surface area contributed by atoms with Gasteiger partial charge >= 0.3 is 0 Å². The Morgan fingerprint density at radius 2 is 2.05 bits per heavy atom. The van der Waals surface area contributed by atoms with E-state index >= 15 is 0 Å². The third-order valence-electron chi connectivity index (χ3n) is 2.51. The average Bonchev–Trinajstić information content (AvgIpc) is 2.41. The molecule has 1 aromatic heterocycles. The Morgan fingerprint density at radius 1 is 1.35 bits per heavy atom. The van der Waals surface area contributed by atoms with Crippen LogP contribution in [0.5, 0.6) is 0 Å². The largest absolute Gasteiger partial charge is 0.378 e. The number of nitro groups is 1. The van der Waals surface area contributed by atoms with Gasteiger partial charge in [0.15, 0.2) is 0 Å². The summed E-state index contributed by atoms with van der Waals surface area (Å²) in [4.78, 5) is 16.6. The van der Waals surface area contributed by atoms with Gasteiger partial charge in [0, 0.05) is 20.1 Å². The lowest BCUT2D eigenvalue weighted by Gasteiger charge is -2.11. The maximum Gasteiger partial charge on any atom is 0.276 e. The number of hydrogen-bond donors (Lipinski definition) is 2. The molecule has 0 bridgehead atoms. The number of hydrogen-bond acceptors (Lipinski definition) is 7. The Morgan fingerprint density at radius 3 is 2.65 bits per heavy atom. The fourth-order valence-electron chi connectivity index (χ4n) is 1.44. The lowest BCUT2D eigenvalue weighted by molar-refractivity contribution is -0.384. The molecule has 0 saturated heterocycles. The molecule has 0 amide bonds. The molecule has 1 aromatic rings. The molecular weight excluding hydrogens is 262 g/mol. The molecule has 0 aliphatic carbocycles. The van der Waals surface area contributed by atoms with Crippen molar-refractivity contribution in [2.45, 2.75) is 0 Å². The molecule has 0 aliphatic rings. The van der Waals surface area contributed by atoms with Crippen molar-refractivity contribution in [3.05, 3.63) is 22.2 Å². The van der Waals surface area contributed by atoms with E-state index < -0.39 is 4.92 Å². The van der Waals surface area contributed by atoms with Crippen LogP contribution in [0.15, 0.2) is 12.1 Å². The minimum absolute atomic E-state index is 0.000348. The zero-order chi connectivity index (χ0) is 15.0. The normalized spacial score (nSPS) is 10.6. The molecule has 20 heavy (non-hydrogen) atoms. The molecule has 0 aliphatic heterocycles. The van der Waals surface area contributed by atoms with Crippen molar-refractivity contribution >= 4 is 17.3 Å². The minimum Gasteiger partial charge on any atom is -0.378 e. The van der Waals surface area contributed by atoms with Gasteiger partial charge < -0.3 is 20.3 Å². The van der Waals surface area contributed by atoms with Gasteiger partial charge in [-0.1, -0.05) is 0 Å². The minimum atomic E-state index is -0.443. The van der Waals surface area contributed by atoms with Crippen LogP contribution in [-0.2, 0) is 4.74 Å². The first kappa shape index (κ1) is 16.1. The van der Waals surface area contributed by atoms with Crippen molar-refractivity contribution in [3.63, 3.8) is 0 Å². The standard InChI is InChI=1S/C12H21N5O3/c1-13-11-8-10(17(18)19)9-12(15-11)14-4-6-20-7-5-16(2)3/h8-9H,4-7H2,1-3H3,(H2,13,14,15). The molecule has 1 heterocycles. The van der Waals surface area contributed by atoms with E-state index in [0.717, 1.165) is 6.54 Å². The fourth-order valence-corrected chi connectivity index (χ4v) is 1.44. The van der Waals surface area contributed by atoms with E-state index in [1.165, 1.54) is 12.1 Å². The van der Waals surface area contributed by atoms with Crippen molar-refractivity contribution in [1.29, 1.82) is 0 Å². The first-order valence-electron chi connectivity index (χ1n) is 6.33. The lowest BCUT2D eigenvalue weighted by Crippen LogP contribution is -2.20. The van der Waals surface area contributed by atoms with E-state index in [1.54, 1.807) is 7.05 Å². The highest BCUT2D eigenvalue weighted by Gasteiger charge is 2.10. The Bertz CT molecular complexity index is 439. The Hall–Kier alpha value is -1.93. The predicted molar refractivity (Wildman–Crippen MR) is 78.3 cm³/mol.